The number of benzene rings is 2. The number of rotatable bonds is 1. The van der Waals surface area contributed by atoms with Gasteiger partial charge in [-0.25, -0.2) is 4.99 Å². The van der Waals surface area contributed by atoms with Gasteiger partial charge in [-0.05, 0) is 29.8 Å². The summed E-state index contributed by atoms with van der Waals surface area (Å²) in [6.45, 7) is 0.274. The lowest BCUT2D eigenvalue weighted by Crippen LogP contribution is -2.16. The van der Waals surface area contributed by atoms with Crippen LogP contribution >= 0.6 is 11.6 Å². The molecule has 0 fully saturated rings. The van der Waals surface area contributed by atoms with Crippen molar-refractivity contribution in [3.63, 3.8) is 0 Å². The fourth-order valence-electron chi connectivity index (χ4n) is 2.06. The fourth-order valence-corrected chi connectivity index (χ4v) is 2.22. The molecule has 0 unspecified atom stereocenters. The smallest absolute Gasteiger partial charge is 0.146 e. The third-order valence-electron chi connectivity index (χ3n) is 3.07. The minimum absolute atomic E-state index is 0.137. The number of halogens is 1. The maximum atomic E-state index is 8.68. The van der Waals surface area contributed by atoms with E-state index < -0.39 is 0 Å². The molecule has 3 rings (SSSR count). The lowest BCUT2D eigenvalue weighted by Gasteiger charge is -2.17. The van der Waals surface area contributed by atoms with Crippen LogP contribution in [0.1, 0.15) is 11.1 Å². The van der Waals surface area contributed by atoms with Crippen LogP contribution in [0.4, 0.5) is 5.69 Å². The van der Waals surface area contributed by atoms with E-state index in [4.69, 9.17) is 21.4 Å². The van der Waals surface area contributed by atoms with Crippen molar-refractivity contribution in [3.8, 4) is 17.6 Å². The van der Waals surface area contributed by atoms with E-state index in [-0.39, 0.29) is 6.61 Å². The molecule has 0 atom stereocenters. The van der Waals surface area contributed by atoms with E-state index in [0.29, 0.717) is 17.4 Å². The van der Waals surface area contributed by atoms with E-state index >= 15 is 0 Å². The molecule has 1 heterocycles. The van der Waals surface area contributed by atoms with Crippen LogP contribution in [-0.4, -0.2) is 24.0 Å². The van der Waals surface area contributed by atoms with Gasteiger partial charge in [-0.1, -0.05) is 35.6 Å². The monoisotopic (exact) mass is 297 g/mol. The Morgan fingerprint density at radius 2 is 2.00 bits per heavy atom. The van der Waals surface area contributed by atoms with E-state index in [1.54, 1.807) is 12.1 Å². The molecule has 0 bridgehead atoms. The quantitative estimate of drug-likeness (QED) is 0.821. The van der Waals surface area contributed by atoms with Crippen molar-refractivity contribution >= 4 is 23.0 Å². The highest BCUT2D eigenvalue weighted by Crippen LogP contribution is 2.33. The van der Waals surface area contributed by atoms with Crippen molar-refractivity contribution in [3.05, 3.63) is 58.6 Å². The Morgan fingerprint density at radius 3 is 2.76 bits per heavy atom. The van der Waals surface area contributed by atoms with Gasteiger partial charge in [0.1, 0.15) is 24.7 Å². The molecule has 0 aromatic heterocycles. The molecule has 1 aliphatic rings. The predicted octanol–water partition coefficient (Wildman–Crippen LogP) is 3.20. The van der Waals surface area contributed by atoms with Gasteiger partial charge < -0.3 is 9.84 Å². The number of aliphatic imine (C=N–C) groups is 1. The first-order chi connectivity index (χ1) is 10.3. The van der Waals surface area contributed by atoms with Gasteiger partial charge in [0.15, 0.2) is 0 Å². The normalized spacial score (nSPS) is 12.6. The third-order valence-corrected chi connectivity index (χ3v) is 3.31. The zero-order chi connectivity index (χ0) is 14.7. The van der Waals surface area contributed by atoms with Gasteiger partial charge in [0.05, 0.1) is 5.71 Å². The topological polar surface area (TPSA) is 41.8 Å². The van der Waals surface area contributed by atoms with E-state index in [1.165, 1.54) is 0 Å². The molecule has 1 aliphatic heterocycles. The van der Waals surface area contributed by atoms with Crippen molar-refractivity contribution in [2.75, 3.05) is 13.2 Å². The second-order valence-electron chi connectivity index (χ2n) is 4.50. The van der Waals surface area contributed by atoms with Crippen LogP contribution < -0.4 is 4.74 Å². The summed E-state index contributed by atoms with van der Waals surface area (Å²) in [6.07, 6.45) is 0. The molecule has 0 aliphatic carbocycles. The number of hydrogen-bond acceptors (Lipinski definition) is 3. The minimum atomic E-state index is -0.137. The molecule has 0 radical (unpaired) electrons. The van der Waals surface area contributed by atoms with Gasteiger partial charge in [-0.15, -0.1) is 0 Å². The van der Waals surface area contributed by atoms with Crippen LogP contribution in [0.15, 0.2) is 47.5 Å². The molecule has 0 amide bonds. The van der Waals surface area contributed by atoms with Crippen molar-refractivity contribution in [2.45, 2.75) is 0 Å². The zero-order valence-electron chi connectivity index (χ0n) is 11.1. The summed E-state index contributed by atoms with van der Waals surface area (Å²) in [5, 5.41) is 9.32. The first kappa shape index (κ1) is 13.7. The summed E-state index contributed by atoms with van der Waals surface area (Å²) < 4.78 is 5.69. The molecule has 0 spiro atoms. The number of aliphatic hydroxyl groups excluding tert-OH is 1. The summed E-state index contributed by atoms with van der Waals surface area (Å²) in [5.74, 6) is 6.19. The third kappa shape index (κ3) is 3.08. The summed E-state index contributed by atoms with van der Waals surface area (Å²) in [4.78, 5) is 4.61. The summed E-state index contributed by atoms with van der Waals surface area (Å²) in [5.41, 5.74) is 3.50. The van der Waals surface area contributed by atoms with Crippen molar-refractivity contribution in [1.82, 2.24) is 0 Å². The molecule has 104 valence electrons. The Balaban J connectivity index is 1.89. The van der Waals surface area contributed by atoms with E-state index in [2.05, 4.69) is 16.8 Å². The number of nitrogens with zero attached hydrogens (tertiary/aromatic N) is 1. The van der Waals surface area contributed by atoms with Gasteiger partial charge in [0, 0.05) is 16.7 Å². The summed E-state index contributed by atoms with van der Waals surface area (Å²) in [7, 11) is 0. The number of aliphatic hydroxyl groups is 1. The Morgan fingerprint density at radius 1 is 1.19 bits per heavy atom. The van der Waals surface area contributed by atoms with E-state index in [0.717, 1.165) is 22.5 Å². The highest BCUT2D eigenvalue weighted by Gasteiger charge is 2.14. The van der Waals surface area contributed by atoms with E-state index in [9.17, 15) is 0 Å². The first-order valence-electron chi connectivity index (χ1n) is 6.46. The van der Waals surface area contributed by atoms with Gasteiger partial charge in [0.2, 0.25) is 0 Å². The molecule has 0 saturated carbocycles. The van der Waals surface area contributed by atoms with Crippen molar-refractivity contribution in [2.24, 2.45) is 4.99 Å². The Labute approximate surface area is 127 Å². The van der Waals surface area contributed by atoms with Gasteiger partial charge >= 0.3 is 0 Å². The van der Waals surface area contributed by atoms with Crippen LogP contribution in [0.5, 0.6) is 5.75 Å². The lowest BCUT2D eigenvalue weighted by molar-refractivity contribution is 0.350. The largest absolute Gasteiger partial charge is 0.485 e. The molecule has 2 aromatic rings. The number of ether oxygens (including phenoxy) is 1. The lowest BCUT2D eigenvalue weighted by atomic mass is 10.1. The molecule has 1 N–H and O–H groups in total. The summed E-state index contributed by atoms with van der Waals surface area (Å²) >= 11 is 5.93. The van der Waals surface area contributed by atoms with Crippen LogP contribution in [0.3, 0.4) is 0 Å². The molecular weight excluding hydrogens is 286 g/mol. The van der Waals surface area contributed by atoms with Crippen LogP contribution in [0.25, 0.3) is 0 Å². The minimum Gasteiger partial charge on any atom is -0.485 e. The standard InChI is InChI=1S/C17H12ClNO2/c18-14-7-8-15-17(10-14)21-11-16(19-15)13-5-3-12(4-6-13)2-1-9-20/h3-8,10,20H,9,11H2. The molecule has 21 heavy (non-hydrogen) atoms. The van der Waals surface area contributed by atoms with Crippen molar-refractivity contribution in [1.29, 1.82) is 0 Å². The summed E-state index contributed by atoms with van der Waals surface area (Å²) in [6, 6.07) is 13.1. The van der Waals surface area contributed by atoms with Crippen LogP contribution in [-0.2, 0) is 0 Å². The molecule has 2 aromatic carbocycles. The average Bonchev–Trinajstić information content (AvgIpc) is 2.53. The zero-order valence-corrected chi connectivity index (χ0v) is 11.9. The van der Waals surface area contributed by atoms with E-state index in [1.807, 2.05) is 30.3 Å². The fraction of sp³-hybridized carbons (Fsp3) is 0.118. The van der Waals surface area contributed by atoms with Gasteiger partial charge in [-0.2, -0.15) is 0 Å². The first-order valence-corrected chi connectivity index (χ1v) is 6.84. The maximum absolute atomic E-state index is 8.68. The molecular formula is C17H12ClNO2. The van der Waals surface area contributed by atoms with Gasteiger partial charge in [0.25, 0.3) is 0 Å². The second-order valence-corrected chi connectivity index (χ2v) is 4.93. The Bertz CT molecular complexity index is 755. The highest BCUT2D eigenvalue weighted by atomic mass is 35.5. The second kappa shape index (κ2) is 6.01. The predicted molar refractivity (Wildman–Crippen MR) is 83.5 cm³/mol. The Kier molecular flexibility index (Phi) is 3.92. The molecule has 4 heteroatoms. The van der Waals surface area contributed by atoms with Crippen LogP contribution in [0.2, 0.25) is 5.02 Å². The molecule has 3 nitrogen and oxygen atoms in total. The average molecular weight is 298 g/mol. The maximum Gasteiger partial charge on any atom is 0.146 e. The molecule has 0 saturated heterocycles. The van der Waals surface area contributed by atoms with Gasteiger partial charge in [-0.3, -0.25) is 0 Å². The van der Waals surface area contributed by atoms with Crippen molar-refractivity contribution < 1.29 is 9.84 Å². The Hall–Kier alpha value is -2.28. The highest BCUT2D eigenvalue weighted by molar-refractivity contribution is 6.30. The number of hydrogen-bond donors (Lipinski definition) is 1. The SMILES string of the molecule is OCC#Cc1ccc(C2=Nc3ccc(Cl)cc3OC2)cc1. The van der Waals surface area contributed by atoms with Crippen LogP contribution in [0, 0.1) is 11.8 Å². The number of fused-ring (bicyclic) bond motifs is 1.